The quantitative estimate of drug-likeness (QED) is 0.615. The summed E-state index contributed by atoms with van der Waals surface area (Å²) in [5, 5.41) is 14.4. The third-order valence-electron chi connectivity index (χ3n) is 3.79. The van der Waals surface area contributed by atoms with E-state index in [9.17, 15) is 10.1 Å². The first kappa shape index (κ1) is 14.8. The number of nitrogens with zero attached hydrogens (tertiary/aromatic N) is 2. The van der Waals surface area contributed by atoms with Crippen LogP contribution in [0.25, 0.3) is 0 Å². The summed E-state index contributed by atoms with van der Waals surface area (Å²) in [6, 6.07) is 7.48. The fourth-order valence-electron chi connectivity index (χ4n) is 2.66. The SMILES string of the molecule is CCCCN(CC1CCCN1)c1cccc([N+](=O)[O-])c1. The summed E-state index contributed by atoms with van der Waals surface area (Å²) in [5.74, 6) is 0. The predicted molar refractivity (Wildman–Crippen MR) is 81.2 cm³/mol. The molecule has 1 aliphatic heterocycles. The zero-order valence-corrected chi connectivity index (χ0v) is 12.0. The number of nitrogens with one attached hydrogen (secondary N) is 1. The number of benzene rings is 1. The zero-order chi connectivity index (χ0) is 14.4. The van der Waals surface area contributed by atoms with Crippen molar-refractivity contribution in [2.24, 2.45) is 0 Å². The van der Waals surface area contributed by atoms with Gasteiger partial charge in [0.2, 0.25) is 0 Å². The first-order valence-electron chi connectivity index (χ1n) is 7.43. The molecule has 2 rings (SSSR count). The molecule has 0 spiro atoms. The average Bonchev–Trinajstić information content (AvgIpc) is 2.96. The van der Waals surface area contributed by atoms with Gasteiger partial charge in [0.05, 0.1) is 4.92 Å². The Labute approximate surface area is 120 Å². The van der Waals surface area contributed by atoms with Crippen molar-refractivity contribution in [1.82, 2.24) is 5.32 Å². The second kappa shape index (κ2) is 7.24. The Morgan fingerprint density at radius 2 is 2.35 bits per heavy atom. The van der Waals surface area contributed by atoms with Crippen molar-refractivity contribution >= 4 is 11.4 Å². The Morgan fingerprint density at radius 3 is 3.00 bits per heavy atom. The molecule has 20 heavy (non-hydrogen) atoms. The molecule has 1 fully saturated rings. The van der Waals surface area contributed by atoms with Gasteiger partial charge in [0.1, 0.15) is 0 Å². The molecule has 1 unspecified atom stereocenters. The van der Waals surface area contributed by atoms with Crippen molar-refractivity contribution in [3.05, 3.63) is 34.4 Å². The Balaban J connectivity index is 2.11. The summed E-state index contributed by atoms with van der Waals surface area (Å²) >= 11 is 0. The standard InChI is InChI=1S/C15H23N3O2/c1-2-3-10-17(12-13-6-5-9-16-13)14-7-4-8-15(11-14)18(19)20/h4,7-8,11,13,16H,2-3,5-6,9-10,12H2,1H3. The molecule has 5 heteroatoms. The minimum absolute atomic E-state index is 0.170. The molecule has 1 heterocycles. The minimum atomic E-state index is -0.324. The maximum Gasteiger partial charge on any atom is 0.271 e. The van der Waals surface area contributed by atoms with E-state index < -0.39 is 0 Å². The van der Waals surface area contributed by atoms with Crippen LogP contribution in [0.2, 0.25) is 0 Å². The van der Waals surface area contributed by atoms with Crippen molar-refractivity contribution in [3.8, 4) is 0 Å². The molecular formula is C15H23N3O2. The first-order chi connectivity index (χ1) is 9.70. The number of hydrogen-bond donors (Lipinski definition) is 1. The minimum Gasteiger partial charge on any atom is -0.370 e. The molecule has 1 aromatic carbocycles. The van der Waals surface area contributed by atoms with E-state index in [1.54, 1.807) is 18.2 Å². The molecular weight excluding hydrogens is 254 g/mol. The van der Waals surface area contributed by atoms with Crippen LogP contribution in [-0.4, -0.2) is 30.6 Å². The van der Waals surface area contributed by atoms with Gasteiger partial charge in [0.15, 0.2) is 0 Å². The summed E-state index contributed by atoms with van der Waals surface area (Å²) in [6.45, 7) is 5.14. The van der Waals surface area contributed by atoms with E-state index in [4.69, 9.17) is 0 Å². The van der Waals surface area contributed by atoms with Crippen molar-refractivity contribution in [2.75, 3.05) is 24.5 Å². The van der Waals surface area contributed by atoms with Crippen LogP contribution in [0.5, 0.6) is 0 Å². The maximum absolute atomic E-state index is 10.9. The van der Waals surface area contributed by atoms with E-state index in [1.807, 2.05) is 6.07 Å². The van der Waals surface area contributed by atoms with Gasteiger partial charge >= 0.3 is 0 Å². The monoisotopic (exact) mass is 277 g/mol. The van der Waals surface area contributed by atoms with E-state index in [2.05, 4.69) is 17.1 Å². The Bertz CT molecular complexity index is 444. The summed E-state index contributed by atoms with van der Waals surface area (Å²) < 4.78 is 0. The average molecular weight is 277 g/mol. The predicted octanol–water partition coefficient (Wildman–Crippen LogP) is 2.95. The maximum atomic E-state index is 10.9. The summed E-state index contributed by atoms with van der Waals surface area (Å²) in [5.41, 5.74) is 1.13. The van der Waals surface area contributed by atoms with Gasteiger partial charge in [-0.25, -0.2) is 0 Å². The lowest BCUT2D eigenvalue weighted by Gasteiger charge is -2.27. The van der Waals surface area contributed by atoms with Gasteiger partial charge in [-0.15, -0.1) is 0 Å². The van der Waals surface area contributed by atoms with Crippen LogP contribution in [-0.2, 0) is 0 Å². The second-order valence-corrected chi connectivity index (χ2v) is 5.37. The number of non-ortho nitro benzene ring substituents is 1. The molecule has 0 saturated carbocycles. The Hall–Kier alpha value is -1.62. The highest BCUT2D eigenvalue weighted by Crippen LogP contribution is 2.22. The van der Waals surface area contributed by atoms with Gasteiger partial charge in [-0.1, -0.05) is 19.4 Å². The third-order valence-corrected chi connectivity index (χ3v) is 3.79. The van der Waals surface area contributed by atoms with Gasteiger partial charge < -0.3 is 10.2 Å². The molecule has 1 atom stereocenters. The zero-order valence-electron chi connectivity index (χ0n) is 12.0. The van der Waals surface area contributed by atoms with E-state index in [0.717, 1.165) is 38.2 Å². The van der Waals surface area contributed by atoms with Gasteiger partial charge in [0, 0.05) is 37.0 Å². The van der Waals surface area contributed by atoms with Crippen molar-refractivity contribution < 1.29 is 4.92 Å². The second-order valence-electron chi connectivity index (χ2n) is 5.37. The first-order valence-corrected chi connectivity index (χ1v) is 7.43. The molecule has 0 aromatic heterocycles. The highest BCUT2D eigenvalue weighted by atomic mass is 16.6. The summed E-state index contributed by atoms with van der Waals surface area (Å²) in [4.78, 5) is 12.9. The Morgan fingerprint density at radius 1 is 1.50 bits per heavy atom. The number of nitro benzene ring substituents is 1. The van der Waals surface area contributed by atoms with Gasteiger partial charge in [-0.05, 0) is 31.9 Å². The fourth-order valence-corrected chi connectivity index (χ4v) is 2.66. The van der Waals surface area contributed by atoms with Crippen molar-refractivity contribution in [1.29, 1.82) is 0 Å². The molecule has 0 radical (unpaired) electrons. The van der Waals surface area contributed by atoms with Crippen LogP contribution in [0, 0.1) is 10.1 Å². The van der Waals surface area contributed by atoms with Crippen LogP contribution in [0.3, 0.4) is 0 Å². The molecule has 110 valence electrons. The summed E-state index contributed by atoms with van der Waals surface area (Å²) in [6.07, 6.45) is 4.65. The van der Waals surface area contributed by atoms with E-state index in [-0.39, 0.29) is 10.6 Å². The van der Waals surface area contributed by atoms with Gasteiger partial charge in [-0.3, -0.25) is 10.1 Å². The van der Waals surface area contributed by atoms with Crippen molar-refractivity contribution in [2.45, 2.75) is 38.6 Å². The largest absolute Gasteiger partial charge is 0.370 e. The van der Waals surface area contributed by atoms with Gasteiger partial charge in [-0.2, -0.15) is 0 Å². The molecule has 5 nitrogen and oxygen atoms in total. The van der Waals surface area contributed by atoms with Crippen LogP contribution in [0.15, 0.2) is 24.3 Å². The number of anilines is 1. The number of rotatable bonds is 7. The molecule has 0 amide bonds. The van der Waals surface area contributed by atoms with Crippen molar-refractivity contribution in [3.63, 3.8) is 0 Å². The summed E-state index contributed by atoms with van der Waals surface area (Å²) in [7, 11) is 0. The Kier molecular flexibility index (Phi) is 5.35. The number of hydrogen-bond acceptors (Lipinski definition) is 4. The van der Waals surface area contributed by atoms with Crippen LogP contribution in [0.1, 0.15) is 32.6 Å². The van der Waals surface area contributed by atoms with Crippen LogP contribution < -0.4 is 10.2 Å². The number of unbranched alkanes of at least 4 members (excludes halogenated alkanes) is 1. The molecule has 0 bridgehead atoms. The molecule has 1 saturated heterocycles. The lowest BCUT2D eigenvalue weighted by molar-refractivity contribution is -0.384. The van der Waals surface area contributed by atoms with Gasteiger partial charge in [0.25, 0.3) is 5.69 Å². The molecule has 1 aromatic rings. The van der Waals surface area contributed by atoms with E-state index in [0.29, 0.717) is 6.04 Å². The third kappa shape index (κ3) is 3.93. The highest BCUT2D eigenvalue weighted by molar-refractivity contribution is 5.53. The topological polar surface area (TPSA) is 58.4 Å². The highest BCUT2D eigenvalue weighted by Gasteiger charge is 2.19. The fraction of sp³-hybridized carbons (Fsp3) is 0.600. The van der Waals surface area contributed by atoms with E-state index >= 15 is 0 Å². The molecule has 1 aliphatic rings. The van der Waals surface area contributed by atoms with Crippen LogP contribution >= 0.6 is 0 Å². The number of nitro groups is 1. The normalized spacial score (nSPS) is 18.1. The molecule has 1 N–H and O–H groups in total. The lowest BCUT2D eigenvalue weighted by Crippen LogP contribution is -2.38. The molecule has 0 aliphatic carbocycles. The smallest absolute Gasteiger partial charge is 0.271 e. The van der Waals surface area contributed by atoms with Crippen LogP contribution in [0.4, 0.5) is 11.4 Å². The van der Waals surface area contributed by atoms with E-state index in [1.165, 1.54) is 12.8 Å². The lowest BCUT2D eigenvalue weighted by atomic mass is 10.1.